The maximum absolute atomic E-state index is 12.9. The molecule has 27 heavy (non-hydrogen) atoms. The smallest absolute Gasteiger partial charge is 0.383 e. The molecular weight excluding hydrogens is 420 g/mol. The number of halogens is 5. The van der Waals surface area contributed by atoms with Gasteiger partial charge in [0, 0.05) is 16.6 Å². The van der Waals surface area contributed by atoms with Gasteiger partial charge in [-0.3, -0.25) is 0 Å². The lowest BCUT2D eigenvalue weighted by atomic mass is 10.2. The number of alkyl halides is 3. The largest absolute Gasteiger partial charge is 0.416 e. The summed E-state index contributed by atoms with van der Waals surface area (Å²) < 4.78 is 39.9. The normalized spacial score (nSPS) is 15.3. The molecule has 2 N–H and O–H groups in total. The predicted octanol–water partition coefficient (Wildman–Crippen LogP) is 5.83. The molecule has 1 fully saturated rings. The molecule has 0 aliphatic heterocycles. The first-order valence-electron chi connectivity index (χ1n) is 8.18. The number of thioether (sulfide) groups is 1. The fourth-order valence-corrected chi connectivity index (χ4v) is 5.05. The average Bonchev–Trinajstić information content (AvgIpc) is 3.20. The van der Waals surface area contributed by atoms with Crippen molar-refractivity contribution in [2.45, 2.75) is 42.9 Å². The number of benzene rings is 1. The van der Waals surface area contributed by atoms with E-state index in [-0.39, 0.29) is 27.2 Å². The summed E-state index contributed by atoms with van der Waals surface area (Å²) in [6.07, 6.45) is 0.0409. The Kier molecular flexibility index (Phi) is 5.84. The maximum atomic E-state index is 12.9. The lowest BCUT2D eigenvalue weighted by molar-refractivity contribution is -0.137. The first-order chi connectivity index (χ1) is 12.7. The van der Waals surface area contributed by atoms with Gasteiger partial charge >= 0.3 is 6.18 Å². The van der Waals surface area contributed by atoms with E-state index in [0.29, 0.717) is 16.6 Å². The Morgan fingerprint density at radius 1 is 1.26 bits per heavy atom. The molecule has 0 saturated heterocycles. The van der Waals surface area contributed by atoms with Crippen LogP contribution in [-0.4, -0.2) is 15.0 Å². The fraction of sp³-hybridized carbons (Fsp3) is 0.412. The van der Waals surface area contributed by atoms with Crippen molar-refractivity contribution in [3.8, 4) is 11.8 Å². The summed E-state index contributed by atoms with van der Waals surface area (Å²) in [6, 6.07) is 3.52. The van der Waals surface area contributed by atoms with Crippen molar-refractivity contribution in [3.05, 3.63) is 39.0 Å². The van der Waals surface area contributed by atoms with E-state index in [9.17, 15) is 18.4 Å². The second-order valence-electron chi connectivity index (χ2n) is 6.24. The van der Waals surface area contributed by atoms with Crippen molar-refractivity contribution in [3.63, 3.8) is 0 Å². The van der Waals surface area contributed by atoms with Gasteiger partial charge in [0.1, 0.15) is 17.6 Å². The van der Waals surface area contributed by atoms with E-state index in [4.69, 9.17) is 28.9 Å². The van der Waals surface area contributed by atoms with E-state index in [2.05, 4.69) is 5.10 Å². The van der Waals surface area contributed by atoms with Gasteiger partial charge in [-0.25, -0.2) is 4.68 Å². The van der Waals surface area contributed by atoms with Crippen LogP contribution in [0, 0.1) is 11.3 Å². The minimum absolute atomic E-state index is 0.0254. The molecule has 1 aromatic carbocycles. The van der Waals surface area contributed by atoms with Crippen LogP contribution in [0.1, 0.15) is 42.5 Å². The quantitative estimate of drug-likeness (QED) is 0.657. The molecule has 0 unspecified atom stereocenters. The lowest BCUT2D eigenvalue weighted by Crippen LogP contribution is -2.09. The third-order valence-corrected chi connectivity index (χ3v) is 6.43. The third kappa shape index (κ3) is 4.15. The first kappa shape index (κ1) is 20.2. The van der Waals surface area contributed by atoms with Crippen molar-refractivity contribution < 1.29 is 13.2 Å². The summed E-state index contributed by atoms with van der Waals surface area (Å²) in [7, 11) is 0. The Morgan fingerprint density at radius 2 is 1.85 bits per heavy atom. The van der Waals surface area contributed by atoms with Crippen LogP contribution >= 0.6 is 35.0 Å². The maximum Gasteiger partial charge on any atom is 0.416 e. The molecule has 3 rings (SSSR count). The molecule has 4 nitrogen and oxygen atoms in total. The molecular formula is C17H15Cl2F3N4S. The van der Waals surface area contributed by atoms with Crippen LogP contribution < -0.4 is 5.73 Å². The Bertz CT molecular complexity index is 876. The number of nitriles is 1. The first-order valence-corrected chi connectivity index (χ1v) is 9.98. The molecule has 0 bridgehead atoms. The van der Waals surface area contributed by atoms with Crippen molar-refractivity contribution in [1.82, 2.24) is 9.78 Å². The Labute approximate surface area is 168 Å². The number of aromatic nitrogens is 2. The minimum atomic E-state index is -4.58. The third-order valence-electron chi connectivity index (χ3n) is 4.45. The van der Waals surface area contributed by atoms with Crippen LogP contribution in [0.4, 0.5) is 19.0 Å². The molecule has 0 amide bonds. The van der Waals surface area contributed by atoms with Crippen molar-refractivity contribution in [2.75, 3.05) is 5.73 Å². The molecule has 1 aliphatic carbocycles. The van der Waals surface area contributed by atoms with Gasteiger partial charge in [0.05, 0.1) is 15.6 Å². The summed E-state index contributed by atoms with van der Waals surface area (Å²) in [5, 5.41) is 13.5. The van der Waals surface area contributed by atoms with Gasteiger partial charge < -0.3 is 5.73 Å². The summed E-state index contributed by atoms with van der Waals surface area (Å²) in [5.41, 5.74) is 5.87. The molecule has 0 radical (unpaired) electrons. The van der Waals surface area contributed by atoms with Gasteiger partial charge in [0.25, 0.3) is 0 Å². The predicted molar refractivity (Wildman–Crippen MR) is 101 cm³/mol. The molecule has 144 valence electrons. The highest BCUT2D eigenvalue weighted by Gasteiger charge is 2.33. The molecule has 1 saturated carbocycles. The standard InChI is InChI=1S/C17H15Cl2F3N4S/c18-12-5-9(17(20,21)22)6-13(19)15(12)26-16(24)11(14(7-23)25-26)8-27-10-3-1-2-4-10/h5-6,10H,1-4,8,24H2. The highest BCUT2D eigenvalue weighted by Crippen LogP contribution is 2.39. The highest BCUT2D eigenvalue weighted by atomic mass is 35.5. The van der Waals surface area contributed by atoms with Crippen LogP contribution in [0.15, 0.2) is 12.1 Å². The molecule has 1 aliphatic rings. The molecule has 1 heterocycles. The number of rotatable bonds is 4. The summed E-state index contributed by atoms with van der Waals surface area (Å²) in [6.45, 7) is 0. The van der Waals surface area contributed by atoms with Gasteiger partial charge in [-0.2, -0.15) is 35.3 Å². The van der Waals surface area contributed by atoms with Gasteiger partial charge in [-0.15, -0.1) is 0 Å². The van der Waals surface area contributed by atoms with E-state index in [1.165, 1.54) is 12.8 Å². The van der Waals surface area contributed by atoms with Gasteiger partial charge in [0.15, 0.2) is 5.69 Å². The summed E-state index contributed by atoms with van der Waals surface area (Å²) in [5.74, 6) is 0.649. The zero-order valence-corrected chi connectivity index (χ0v) is 16.3. The van der Waals surface area contributed by atoms with Crippen LogP contribution in [0.25, 0.3) is 5.69 Å². The average molecular weight is 435 g/mol. The number of anilines is 1. The second-order valence-corrected chi connectivity index (χ2v) is 8.34. The topological polar surface area (TPSA) is 67.6 Å². The van der Waals surface area contributed by atoms with Gasteiger partial charge in [-0.1, -0.05) is 36.0 Å². The molecule has 2 aromatic rings. The van der Waals surface area contributed by atoms with E-state index in [1.807, 2.05) is 6.07 Å². The zero-order valence-electron chi connectivity index (χ0n) is 14.0. The van der Waals surface area contributed by atoms with Gasteiger partial charge in [0.2, 0.25) is 0 Å². The number of nitrogen functional groups attached to an aromatic ring is 1. The molecule has 10 heteroatoms. The Balaban J connectivity index is 1.99. The monoisotopic (exact) mass is 434 g/mol. The summed E-state index contributed by atoms with van der Waals surface area (Å²) in [4.78, 5) is 0. The van der Waals surface area contributed by atoms with Crippen molar-refractivity contribution in [1.29, 1.82) is 5.26 Å². The zero-order chi connectivity index (χ0) is 19.8. The Hall–Kier alpha value is -1.56. The number of nitrogens with zero attached hydrogens (tertiary/aromatic N) is 3. The number of hydrogen-bond acceptors (Lipinski definition) is 4. The lowest BCUT2D eigenvalue weighted by Gasteiger charge is -2.13. The van der Waals surface area contributed by atoms with E-state index >= 15 is 0 Å². The fourth-order valence-electron chi connectivity index (χ4n) is 3.05. The SMILES string of the molecule is N#Cc1nn(-c2c(Cl)cc(C(F)(F)F)cc2Cl)c(N)c1CSC1CCCC1. The molecule has 1 aromatic heterocycles. The van der Waals surface area contributed by atoms with Crippen LogP contribution in [0.3, 0.4) is 0 Å². The highest BCUT2D eigenvalue weighted by molar-refractivity contribution is 7.99. The van der Waals surface area contributed by atoms with Crippen LogP contribution in [0.5, 0.6) is 0 Å². The molecule has 0 spiro atoms. The number of hydrogen-bond donors (Lipinski definition) is 1. The Morgan fingerprint density at radius 3 is 2.37 bits per heavy atom. The van der Waals surface area contributed by atoms with Crippen molar-refractivity contribution in [2.24, 2.45) is 0 Å². The minimum Gasteiger partial charge on any atom is -0.383 e. The van der Waals surface area contributed by atoms with E-state index < -0.39 is 11.7 Å². The van der Waals surface area contributed by atoms with Crippen LogP contribution in [-0.2, 0) is 11.9 Å². The second kappa shape index (κ2) is 7.82. The number of nitrogens with two attached hydrogens (primary N) is 1. The molecule has 0 atom stereocenters. The van der Waals surface area contributed by atoms with E-state index in [1.54, 1.807) is 11.8 Å². The van der Waals surface area contributed by atoms with Gasteiger partial charge in [-0.05, 0) is 25.0 Å². The van der Waals surface area contributed by atoms with Crippen molar-refractivity contribution >= 4 is 40.8 Å². The van der Waals surface area contributed by atoms with E-state index in [0.717, 1.165) is 29.7 Å². The van der Waals surface area contributed by atoms with Crippen LogP contribution in [0.2, 0.25) is 10.0 Å². The summed E-state index contributed by atoms with van der Waals surface area (Å²) >= 11 is 13.8.